The van der Waals surface area contributed by atoms with E-state index in [0.29, 0.717) is 5.19 Å². The van der Waals surface area contributed by atoms with Gasteiger partial charge in [0, 0.05) is 5.54 Å². The maximum Gasteiger partial charge on any atom is 0.294 e. The minimum atomic E-state index is 0.102. The second kappa shape index (κ2) is 9.29. The Morgan fingerprint density at radius 3 is 2.45 bits per heavy atom. The summed E-state index contributed by atoms with van der Waals surface area (Å²) in [5.41, 5.74) is 0.102. The average molecular weight is 299 g/mol. The summed E-state index contributed by atoms with van der Waals surface area (Å²) < 4.78 is 5.64. The fourth-order valence-corrected chi connectivity index (χ4v) is 2.40. The number of hydrogen-bond donors (Lipinski definition) is 1. The first-order valence-corrected chi connectivity index (χ1v) is 8.53. The number of unbranched alkanes of at least 4 members (excludes halogenated alkanes) is 5. The lowest BCUT2D eigenvalue weighted by atomic mass is 10.1. The average Bonchev–Trinajstić information content (AvgIpc) is 2.82. The number of nitrogens with zero attached hydrogens (tertiary/aromatic N) is 2. The predicted octanol–water partition coefficient (Wildman–Crippen LogP) is 4.17. The summed E-state index contributed by atoms with van der Waals surface area (Å²) in [7, 11) is 0. The van der Waals surface area contributed by atoms with Crippen LogP contribution in [0.5, 0.6) is 5.19 Å². The molecule has 0 spiro atoms. The lowest BCUT2D eigenvalue weighted by Gasteiger charge is -2.19. The van der Waals surface area contributed by atoms with Gasteiger partial charge in [-0.1, -0.05) is 50.4 Å². The van der Waals surface area contributed by atoms with Crippen LogP contribution in [0.2, 0.25) is 0 Å². The number of aromatic nitrogens is 2. The minimum Gasteiger partial charge on any atom is -0.469 e. The molecule has 1 aromatic rings. The zero-order valence-electron chi connectivity index (χ0n) is 13.4. The van der Waals surface area contributed by atoms with E-state index in [2.05, 4.69) is 43.2 Å². The van der Waals surface area contributed by atoms with Crippen molar-refractivity contribution in [3.63, 3.8) is 0 Å². The smallest absolute Gasteiger partial charge is 0.294 e. The summed E-state index contributed by atoms with van der Waals surface area (Å²) in [6.45, 7) is 10.2. The molecule has 0 bridgehead atoms. The van der Waals surface area contributed by atoms with E-state index in [0.717, 1.165) is 24.6 Å². The Bertz CT molecular complexity index is 360. The van der Waals surface area contributed by atoms with Crippen LogP contribution in [0.3, 0.4) is 0 Å². The van der Waals surface area contributed by atoms with Gasteiger partial charge in [0.25, 0.3) is 5.19 Å². The highest BCUT2D eigenvalue weighted by atomic mass is 32.1. The van der Waals surface area contributed by atoms with Crippen molar-refractivity contribution in [3.05, 3.63) is 5.01 Å². The van der Waals surface area contributed by atoms with Crippen molar-refractivity contribution >= 4 is 11.3 Å². The third-order valence-corrected chi connectivity index (χ3v) is 3.78. The molecule has 0 aliphatic rings. The van der Waals surface area contributed by atoms with Gasteiger partial charge in [0.05, 0.1) is 13.2 Å². The molecule has 1 aromatic heterocycles. The van der Waals surface area contributed by atoms with Gasteiger partial charge in [-0.05, 0) is 27.2 Å². The monoisotopic (exact) mass is 299 g/mol. The molecule has 0 atom stereocenters. The van der Waals surface area contributed by atoms with Gasteiger partial charge < -0.3 is 10.1 Å². The molecule has 0 aliphatic carbocycles. The van der Waals surface area contributed by atoms with Gasteiger partial charge in [0.1, 0.15) is 5.01 Å². The molecule has 1 rings (SSSR count). The topological polar surface area (TPSA) is 47.0 Å². The van der Waals surface area contributed by atoms with E-state index < -0.39 is 0 Å². The summed E-state index contributed by atoms with van der Waals surface area (Å²) in [5, 5.41) is 13.3. The van der Waals surface area contributed by atoms with Crippen LogP contribution in [0.25, 0.3) is 0 Å². The molecule has 5 heteroatoms. The molecule has 116 valence electrons. The van der Waals surface area contributed by atoms with Crippen molar-refractivity contribution in [2.24, 2.45) is 0 Å². The Hall–Kier alpha value is -0.680. The third kappa shape index (κ3) is 8.48. The van der Waals surface area contributed by atoms with Crippen LogP contribution < -0.4 is 10.1 Å². The highest BCUT2D eigenvalue weighted by Gasteiger charge is 2.11. The quantitative estimate of drug-likeness (QED) is 0.659. The summed E-state index contributed by atoms with van der Waals surface area (Å²) in [5.74, 6) is 0. The molecular formula is C15H29N3OS. The Kier molecular flexibility index (Phi) is 8.07. The van der Waals surface area contributed by atoms with Crippen molar-refractivity contribution in [3.8, 4) is 5.19 Å². The van der Waals surface area contributed by atoms with Gasteiger partial charge in [0.15, 0.2) is 0 Å². The molecule has 0 radical (unpaired) electrons. The highest BCUT2D eigenvalue weighted by molar-refractivity contribution is 7.13. The van der Waals surface area contributed by atoms with Crippen LogP contribution in [0, 0.1) is 0 Å². The van der Waals surface area contributed by atoms with Crippen LogP contribution in [0.4, 0.5) is 0 Å². The Labute approximate surface area is 127 Å². The van der Waals surface area contributed by atoms with Crippen LogP contribution in [-0.4, -0.2) is 22.3 Å². The second-order valence-corrected chi connectivity index (χ2v) is 7.21. The van der Waals surface area contributed by atoms with E-state index >= 15 is 0 Å². The fraction of sp³-hybridized carbons (Fsp3) is 0.867. The Morgan fingerprint density at radius 2 is 1.75 bits per heavy atom. The first kappa shape index (κ1) is 17.4. The Balaban J connectivity index is 2.11. The normalized spacial score (nSPS) is 11.8. The minimum absolute atomic E-state index is 0.102. The SMILES string of the molecule is CCCCCCCCOc1nnc(CNC(C)(C)C)s1. The molecule has 0 aromatic carbocycles. The summed E-state index contributed by atoms with van der Waals surface area (Å²) >= 11 is 1.54. The molecule has 0 aliphatic heterocycles. The van der Waals surface area contributed by atoms with E-state index in [4.69, 9.17) is 4.74 Å². The maximum absolute atomic E-state index is 5.64. The molecule has 20 heavy (non-hydrogen) atoms. The highest BCUT2D eigenvalue weighted by Crippen LogP contribution is 2.18. The maximum atomic E-state index is 5.64. The van der Waals surface area contributed by atoms with Gasteiger partial charge >= 0.3 is 0 Å². The predicted molar refractivity (Wildman–Crippen MR) is 85.4 cm³/mol. The fourth-order valence-electron chi connectivity index (χ4n) is 1.75. The van der Waals surface area contributed by atoms with Gasteiger partial charge in [0.2, 0.25) is 0 Å². The lowest BCUT2D eigenvalue weighted by molar-refractivity contribution is 0.300. The number of nitrogens with one attached hydrogen (secondary N) is 1. The molecule has 4 nitrogen and oxygen atoms in total. The van der Waals surface area contributed by atoms with E-state index in [1.807, 2.05) is 0 Å². The standard InChI is InChI=1S/C15H29N3OS/c1-5-6-7-8-9-10-11-19-14-18-17-13(20-14)12-16-15(2,3)4/h16H,5-12H2,1-4H3. The van der Waals surface area contributed by atoms with Crippen LogP contribution in [0.15, 0.2) is 0 Å². The van der Waals surface area contributed by atoms with Crippen molar-refractivity contribution in [1.82, 2.24) is 15.5 Å². The van der Waals surface area contributed by atoms with Crippen molar-refractivity contribution in [1.29, 1.82) is 0 Å². The Morgan fingerprint density at radius 1 is 1.05 bits per heavy atom. The van der Waals surface area contributed by atoms with Gasteiger partial charge in [-0.2, -0.15) is 0 Å². The zero-order chi connectivity index (χ0) is 14.8. The van der Waals surface area contributed by atoms with Crippen LogP contribution >= 0.6 is 11.3 Å². The summed E-state index contributed by atoms with van der Waals surface area (Å²) in [6.07, 6.45) is 7.66. The molecule has 0 amide bonds. The van der Waals surface area contributed by atoms with E-state index in [1.165, 1.54) is 43.4 Å². The van der Waals surface area contributed by atoms with E-state index in [1.54, 1.807) is 0 Å². The largest absolute Gasteiger partial charge is 0.469 e. The van der Waals surface area contributed by atoms with E-state index in [9.17, 15) is 0 Å². The summed E-state index contributed by atoms with van der Waals surface area (Å²) in [4.78, 5) is 0. The summed E-state index contributed by atoms with van der Waals surface area (Å²) in [6, 6.07) is 0. The van der Waals surface area contributed by atoms with Crippen molar-refractivity contribution < 1.29 is 4.74 Å². The van der Waals surface area contributed by atoms with Crippen LogP contribution in [0.1, 0.15) is 71.2 Å². The first-order chi connectivity index (χ1) is 9.51. The molecule has 0 saturated carbocycles. The second-order valence-electron chi connectivity index (χ2n) is 6.18. The molecule has 0 saturated heterocycles. The zero-order valence-corrected chi connectivity index (χ0v) is 14.2. The first-order valence-electron chi connectivity index (χ1n) is 7.71. The number of ether oxygens (including phenoxy) is 1. The number of rotatable bonds is 10. The van der Waals surface area contributed by atoms with Crippen LogP contribution in [-0.2, 0) is 6.54 Å². The lowest BCUT2D eigenvalue weighted by Crippen LogP contribution is -2.35. The molecule has 1 N–H and O–H groups in total. The van der Waals surface area contributed by atoms with Crippen molar-refractivity contribution in [2.45, 2.75) is 78.3 Å². The van der Waals surface area contributed by atoms with Gasteiger partial charge in [-0.3, -0.25) is 0 Å². The van der Waals surface area contributed by atoms with Gasteiger partial charge in [-0.15, -0.1) is 10.2 Å². The third-order valence-electron chi connectivity index (χ3n) is 2.94. The molecule has 0 fully saturated rings. The molecule has 0 unspecified atom stereocenters. The molecular weight excluding hydrogens is 270 g/mol. The molecule has 1 heterocycles. The van der Waals surface area contributed by atoms with E-state index in [-0.39, 0.29) is 5.54 Å². The van der Waals surface area contributed by atoms with Gasteiger partial charge in [-0.25, -0.2) is 0 Å². The van der Waals surface area contributed by atoms with Crippen molar-refractivity contribution in [2.75, 3.05) is 6.61 Å². The number of hydrogen-bond acceptors (Lipinski definition) is 5.